The number of rotatable bonds is 4. The van der Waals surface area contributed by atoms with Crippen LogP contribution in [0, 0.1) is 0 Å². The summed E-state index contributed by atoms with van der Waals surface area (Å²) in [6, 6.07) is 7.86. The molecule has 0 saturated heterocycles. The van der Waals surface area contributed by atoms with E-state index in [2.05, 4.69) is 18.9 Å². The Labute approximate surface area is 119 Å². The first kappa shape index (κ1) is 14.2. The summed E-state index contributed by atoms with van der Waals surface area (Å²) in [6.45, 7) is 4.18. The molecule has 2 aromatic rings. The molecule has 108 valence electrons. The number of benzene rings is 1. The maximum absolute atomic E-state index is 6.27. The van der Waals surface area contributed by atoms with Crippen LogP contribution >= 0.6 is 0 Å². The van der Waals surface area contributed by atoms with Gasteiger partial charge in [0, 0.05) is 14.1 Å². The lowest BCUT2D eigenvalue weighted by Gasteiger charge is -2.22. The minimum absolute atomic E-state index is 0.293. The molecule has 0 atom stereocenters. The van der Waals surface area contributed by atoms with Crippen molar-refractivity contribution in [3.05, 3.63) is 30.0 Å². The van der Waals surface area contributed by atoms with E-state index >= 15 is 0 Å². The number of para-hydroxylation sites is 2. The molecule has 0 saturated carbocycles. The standard InChI is InChI=1S/C15H22N4O/c1-10(2)14-13(16)15(19(4)17-14)18(3)11-8-6-7-9-12(11)20-5/h6-10H,16H2,1-5H3. The predicted octanol–water partition coefficient (Wildman–Crippen LogP) is 2.90. The average molecular weight is 274 g/mol. The van der Waals surface area contributed by atoms with Gasteiger partial charge in [-0.25, -0.2) is 0 Å². The van der Waals surface area contributed by atoms with Crippen molar-refractivity contribution in [2.24, 2.45) is 7.05 Å². The molecule has 0 spiro atoms. The monoisotopic (exact) mass is 274 g/mol. The van der Waals surface area contributed by atoms with Crippen LogP contribution in [0.5, 0.6) is 5.75 Å². The highest BCUT2D eigenvalue weighted by atomic mass is 16.5. The fraction of sp³-hybridized carbons (Fsp3) is 0.400. The van der Waals surface area contributed by atoms with Crippen molar-refractivity contribution in [1.29, 1.82) is 0 Å². The topological polar surface area (TPSA) is 56.3 Å². The number of hydrogen-bond acceptors (Lipinski definition) is 4. The van der Waals surface area contributed by atoms with Gasteiger partial charge in [0.1, 0.15) is 5.75 Å². The van der Waals surface area contributed by atoms with Crippen molar-refractivity contribution in [2.45, 2.75) is 19.8 Å². The molecule has 0 amide bonds. The fourth-order valence-electron chi connectivity index (χ4n) is 2.40. The second-order valence-electron chi connectivity index (χ2n) is 5.13. The zero-order chi connectivity index (χ0) is 14.9. The van der Waals surface area contributed by atoms with Gasteiger partial charge in [-0.1, -0.05) is 26.0 Å². The maximum atomic E-state index is 6.27. The Morgan fingerprint density at radius 1 is 1.30 bits per heavy atom. The molecule has 0 unspecified atom stereocenters. The van der Waals surface area contributed by atoms with E-state index in [0.29, 0.717) is 5.92 Å². The van der Waals surface area contributed by atoms with Gasteiger partial charge in [0.2, 0.25) is 0 Å². The van der Waals surface area contributed by atoms with Crippen LogP contribution in [0.15, 0.2) is 24.3 Å². The van der Waals surface area contributed by atoms with Gasteiger partial charge >= 0.3 is 0 Å². The van der Waals surface area contributed by atoms with E-state index in [-0.39, 0.29) is 0 Å². The summed E-state index contributed by atoms with van der Waals surface area (Å²) in [5, 5.41) is 4.52. The second-order valence-corrected chi connectivity index (χ2v) is 5.13. The molecule has 1 aromatic carbocycles. The van der Waals surface area contributed by atoms with Crippen LogP contribution in [0.1, 0.15) is 25.5 Å². The molecule has 0 fully saturated rings. The van der Waals surface area contributed by atoms with Gasteiger partial charge in [0.25, 0.3) is 0 Å². The summed E-state index contributed by atoms with van der Waals surface area (Å²) in [4.78, 5) is 2.01. The second kappa shape index (κ2) is 5.45. The number of ether oxygens (including phenoxy) is 1. The molecule has 0 aliphatic rings. The molecule has 1 heterocycles. The minimum Gasteiger partial charge on any atom is -0.495 e. The van der Waals surface area contributed by atoms with Crippen molar-refractivity contribution < 1.29 is 4.74 Å². The molecular weight excluding hydrogens is 252 g/mol. The molecule has 0 aliphatic heterocycles. The molecule has 5 heteroatoms. The Balaban J connectivity index is 2.51. The lowest BCUT2D eigenvalue weighted by atomic mass is 10.1. The molecule has 0 aliphatic carbocycles. The average Bonchev–Trinajstić information content (AvgIpc) is 2.73. The third-order valence-electron chi connectivity index (χ3n) is 3.39. The van der Waals surface area contributed by atoms with Crippen LogP contribution in [0.25, 0.3) is 0 Å². The largest absolute Gasteiger partial charge is 0.495 e. The van der Waals surface area contributed by atoms with Crippen LogP contribution in [0.2, 0.25) is 0 Å². The normalized spacial score (nSPS) is 10.9. The van der Waals surface area contributed by atoms with Crippen LogP contribution in [0.4, 0.5) is 17.2 Å². The third-order valence-corrected chi connectivity index (χ3v) is 3.39. The van der Waals surface area contributed by atoms with Gasteiger partial charge in [-0.2, -0.15) is 5.10 Å². The molecule has 2 rings (SSSR count). The quantitative estimate of drug-likeness (QED) is 0.931. The lowest BCUT2D eigenvalue weighted by Crippen LogP contribution is -2.15. The number of nitrogens with two attached hydrogens (primary N) is 1. The Morgan fingerprint density at radius 3 is 2.50 bits per heavy atom. The van der Waals surface area contributed by atoms with E-state index in [1.165, 1.54) is 0 Å². The van der Waals surface area contributed by atoms with Crippen LogP contribution in [0.3, 0.4) is 0 Å². The van der Waals surface area contributed by atoms with Crippen molar-refractivity contribution >= 4 is 17.2 Å². The van der Waals surface area contributed by atoms with Crippen LogP contribution < -0.4 is 15.4 Å². The van der Waals surface area contributed by atoms with E-state index in [9.17, 15) is 0 Å². The summed E-state index contributed by atoms with van der Waals surface area (Å²) in [5.41, 5.74) is 8.87. The number of hydrogen-bond donors (Lipinski definition) is 1. The van der Waals surface area contributed by atoms with E-state index in [0.717, 1.165) is 28.6 Å². The Hall–Kier alpha value is -2.17. The highest BCUT2D eigenvalue weighted by Crippen LogP contribution is 2.37. The molecule has 20 heavy (non-hydrogen) atoms. The highest BCUT2D eigenvalue weighted by molar-refractivity contribution is 5.76. The van der Waals surface area contributed by atoms with E-state index in [1.807, 2.05) is 47.9 Å². The third kappa shape index (κ3) is 2.31. The smallest absolute Gasteiger partial charge is 0.154 e. The number of anilines is 3. The summed E-state index contributed by atoms with van der Waals surface area (Å²) >= 11 is 0. The number of aryl methyl sites for hydroxylation is 1. The first-order valence-electron chi connectivity index (χ1n) is 6.66. The van der Waals surface area contributed by atoms with Gasteiger partial charge in [0.15, 0.2) is 5.82 Å². The maximum Gasteiger partial charge on any atom is 0.154 e. The number of nitrogens with zero attached hydrogens (tertiary/aromatic N) is 3. The van der Waals surface area contributed by atoms with E-state index < -0.39 is 0 Å². The van der Waals surface area contributed by atoms with Gasteiger partial charge in [0.05, 0.1) is 24.2 Å². The summed E-state index contributed by atoms with van der Waals surface area (Å²) < 4.78 is 7.23. The van der Waals surface area contributed by atoms with Gasteiger partial charge < -0.3 is 15.4 Å². The first-order valence-corrected chi connectivity index (χ1v) is 6.66. The number of nitrogen functional groups attached to an aromatic ring is 1. The SMILES string of the molecule is COc1ccccc1N(C)c1c(N)c(C(C)C)nn1C. The summed E-state index contributed by atoms with van der Waals surface area (Å²) in [6.07, 6.45) is 0. The minimum atomic E-state index is 0.293. The van der Waals surface area contributed by atoms with Crippen molar-refractivity contribution in [3.8, 4) is 5.75 Å². The van der Waals surface area contributed by atoms with Crippen molar-refractivity contribution in [1.82, 2.24) is 9.78 Å². The predicted molar refractivity (Wildman–Crippen MR) is 82.8 cm³/mol. The molecule has 2 N–H and O–H groups in total. The summed E-state index contributed by atoms with van der Waals surface area (Å²) in [7, 11) is 5.54. The zero-order valence-corrected chi connectivity index (χ0v) is 12.7. The van der Waals surface area contributed by atoms with Gasteiger partial charge in [-0.3, -0.25) is 4.68 Å². The molecule has 0 radical (unpaired) electrons. The van der Waals surface area contributed by atoms with Crippen LogP contribution in [-0.4, -0.2) is 23.9 Å². The van der Waals surface area contributed by atoms with E-state index in [4.69, 9.17) is 10.5 Å². The Morgan fingerprint density at radius 2 is 1.95 bits per heavy atom. The Bertz CT molecular complexity index is 604. The molecular formula is C15H22N4O. The van der Waals surface area contributed by atoms with E-state index in [1.54, 1.807) is 7.11 Å². The van der Waals surface area contributed by atoms with Crippen molar-refractivity contribution in [3.63, 3.8) is 0 Å². The molecule has 1 aromatic heterocycles. The fourth-order valence-corrected chi connectivity index (χ4v) is 2.40. The number of methoxy groups -OCH3 is 1. The highest BCUT2D eigenvalue weighted by Gasteiger charge is 2.21. The van der Waals surface area contributed by atoms with Gasteiger partial charge in [-0.05, 0) is 18.1 Å². The number of aromatic nitrogens is 2. The van der Waals surface area contributed by atoms with Crippen molar-refractivity contribution in [2.75, 3.05) is 24.8 Å². The first-order chi connectivity index (χ1) is 9.47. The Kier molecular flexibility index (Phi) is 3.88. The van der Waals surface area contributed by atoms with Gasteiger partial charge in [-0.15, -0.1) is 0 Å². The molecule has 5 nitrogen and oxygen atoms in total. The zero-order valence-electron chi connectivity index (χ0n) is 12.7. The molecule has 0 bridgehead atoms. The van der Waals surface area contributed by atoms with Crippen LogP contribution in [-0.2, 0) is 7.05 Å². The lowest BCUT2D eigenvalue weighted by molar-refractivity contribution is 0.415. The summed E-state index contributed by atoms with van der Waals surface area (Å²) in [5.74, 6) is 1.97.